The quantitative estimate of drug-likeness (QED) is 0.748. The maximum Gasteiger partial charge on any atom is 0.230 e. The van der Waals surface area contributed by atoms with Gasteiger partial charge in [-0.25, -0.2) is 4.39 Å². The van der Waals surface area contributed by atoms with Crippen LogP contribution in [0.2, 0.25) is 5.02 Å². The summed E-state index contributed by atoms with van der Waals surface area (Å²) in [4.78, 5) is 13.6. The molecule has 0 aromatic heterocycles. The first-order valence-corrected chi connectivity index (χ1v) is 7.96. The van der Waals surface area contributed by atoms with Gasteiger partial charge in [-0.1, -0.05) is 17.7 Å². The minimum absolute atomic E-state index is 0.0267. The summed E-state index contributed by atoms with van der Waals surface area (Å²) in [5.41, 5.74) is 0.458. The van der Waals surface area contributed by atoms with E-state index in [9.17, 15) is 9.18 Å². The van der Waals surface area contributed by atoms with Crippen molar-refractivity contribution in [1.82, 2.24) is 10.2 Å². The molecular formula is C14H20ClFN2OS. The van der Waals surface area contributed by atoms with Gasteiger partial charge < -0.3 is 10.2 Å². The summed E-state index contributed by atoms with van der Waals surface area (Å²) in [6, 6.07) is 4.61. The molecule has 1 rings (SSSR count). The lowest BCUT2D eigenvalue weighted by molar-refractivity contribution is -0.118. The second kappa shape index (κ2) is 9.21. The molecule has 1 amide bonds. The number of halogens is 2. The van der Waals surface area contributed by atoms with Crippen molar-refractivity contribution < 1.29 is 9.18 Å². The van der Waals surface area contributed by atoms with Crippen LogP contribution in [0.3, 0.4) is 0 Å². The van der Waals surface area contributed by atoms with Crippen LogP contribution >= 0.6 is 23.4 Å². The van der Waals surface area contributed by atoms with Gasteiger partial charge >= 0.3 is 0 Å². The molecule has 112 valence electrons. The number of carbonyl (C=O) groups is 1. The van der Waals surface area contributed by atoms with Crippen LogP contribution in [0.15, 0.2) is 18.2 Å². The van der Waals surface area contributed by atoms with Crippen molar-refractivity contribution in [2.75, 3.05) is 32.9 Å². The molecular weight excluding hydrogens is 299 g/mol. The molecule has 0 fully saturated rings. The Balaban J connectivity index is 2.22. The van der Waals surface area contributed by atoms with E-state index < -0.39 is 0 Å². The highest BCUT2D eigenvalue weighted by Gasteiger charge is 2.08. The van der Waals surface area contributed by atoms with E-state index in [4.69, 9.17) is 11.6 Å². The van der Waals surface area contributed by atoms with Crippen LogP contribution in [0.1, 0.15) is 12.0 Å². The van der Waals surface area contributed by atoms with Gasteiger partial charge in [-0.05, 0) is 39.2 Å². The molecule has 1 N–H and O–H groups in total. The lowest BCUT2D eigenvalue weighted by Crippen LogP contribution is -2.28. The predicted octanol–water partition coefficient (Wildman–Crippen LogP) is 2.78. The molecule has 3 nitrogen and oxygen atoms in total. The minimum atomic E-state index is -0.323. The molecule has 0 atom stereocenters. The maximum absolute atomic E-state index is 13.5. The molecule has 0 radical (unpaired) electrons. The van der Waals surface area contributed by atoms with E-state index in [0.29, 0.717) is 28.6 Å². The van der Waals surface area contributed by atoms with E-state index >= 15 is 0 Å². The molecule has 20 heavy (non-hydrogen) atoms. The van der Waals surface area contributed by atoms with E-state index in [2.05, 4.69) is 10.2 Å². The van der Waals surface area contributed by atoms with Crippen LogP contribution in [0, 0.1) is 5.82 Å². The third-order valence-corrected chi connectivity index (χ3v) is 3.96. The number of hydrogen-bond acceptors (Lipinski definition) is 3. The van der Waals surface area contributed by atoms with Gasteiger partial charge in [-0.2, -0.15) is 0 Å². The first-order chi connectivity index (χ1) is 9.50. The van der Waals surface area contributed by atoms with Gasteiger partial charge in [0.25, 0.3) is 0 Å². The zero-order valence-electron chi connectivity index (χ0n) is 11.8. The van der Waals surface area contributed by atoms with Crippen molar-refractivity contribution in [2.45, 2.75) is 12.2 Å². The Hall–Kier alpha value is -0.780. The molecule has 0 bridgehead atoms. The molecule has 0 heterocycles. The first-order valence-electron chi connectivity index (χ1n) is 6.42. The van der Waals surface area contributed by atoms with Crippen molar-refractivity contribution in [3.05, 3.63) is 34.6 Å². The molecule has 0 spiro atoms. The van der Waals surface area contributed by atoms with E-state index in [1.165, 1.54) is 17.8 Å². The van der Waals surface area contributed by atoms with Crippen molar-refractivity contribution >= 4 is 29.3 Å². The van der Waals surface area contributed by atoms with Crippen LogP contribution in [-0.2, 0) is 10.5 Å². The van der Waals surface area contributed by atoms with Gasteiger partial charge in [-0.3, -0.25) is 4.79 Å². The van der Waals surface area contributed by atoms with Crippen LogP contribution in [0.4, 0.5) is 4.39 Å². The third kappa shape index (κ3) is 6.59. The molecule has 0 aliphatic rings. The summed E-state index contributed by atoms with van der Waals surface area (Å²) in [6.45, 7) is 1.61. The van der Waals surface area contributed by atoms with Gasteiger partial charge in [0.2, 0.25) is 5.91 Å². The normalized spacial score (nSPS) is 10.8. The number of nitrogens with zero attached hydrogens (tertiary/aromatic N) is 1. The van der Waals surface area contributed by atoms with Crippen molar-refractivity contribution in [2.24, 2.45) is 0 Å². The number of amides is 1. The Morgan fingerprint density at radius 2 is 2.20 bits per heavy atom. The Morgan fingerprint density at radius 1 is 1.45 bits per heavy atom. The summed E-state index contributed by atoms with van der Waals surface area (Å²) in [5, 5.41) is 3.25. The summed E-state index contributed by atoms with van der Waals surface area (Å²) < 4.78 is 13.5. The van der Waals surface area contributed by atoms with Crippen LogP contribution < -0.4 is 5.32 Å². The van der Waals surface area contributed by atoms with Gasteiger partial charge in [0.15, 0.2) is 0 Å². The van der Waals surface area contributed by atoms with Crippen molar-refractivity contribution in [1.29, 1.82) is 0 Å². The van der Waals surface area contributed by atoms with Gasteiger partial charge in [0.1, 0.15) is 5.82 Å². The van der Waals surface area contributed by atoms with E-state index in [1.54, 1.807) is 12.1 Å². The minimum Gasteiger partial charge on any atom is -0.355 e. The molecule has 0 aliphatic carbocycles. The Kier molecular flexibility index (Phi) is 7.95. The number of hydrogen-bond donors (Lipinski definition) is 1. The number of thioether (sulfide) groups is 1. The highest BCUT2D eigenvalue weighted by molar-refractivity contribution is 7.99. The fourth-order valence-corrected chi connectivity index (χ4v) is 2.79. The number of nitrogens with one attached hydrogen (secondary N) is 1. The van der Waals surface area contributed by atoms with E-state index in [-0.39, 0.29) is 11.7 Å². The topological polar surface area (TPSA) is 32.3 Å². The smallest absolute Gasteiger partial charge is 0.230 e. The average Bonchev–Trinajstić information content (AvgIpc) is 2.38. The fraction of sp³-hybridized carbons (Fsp3) is 0.500. The Bertz CT molecular complexity index is 423. The third-order valence-electron chi connectivity index (χ3n) is 2.65. The number of carbonyl (C=O) groups excluding carboxylic acids is 1. The molecule has 0 saturated carbocycles. The average molecular weight is 319 g/mol. The summed E-state index contributed by atoms with van der Waals surface area (Å²) in [6.07, 6.45) is 0.919. The Morgan fingerprint density at radius 3 is 2.85 bits per heavy atom. The first kappa shape index (κ1) is 17.3. The lowest BCUT2D eigenvalue weighted by Gasteiger charge is -2.10. The predicted molar refractivity (Wildman–Crippen MR) is 83.8 cm³/mol. The highest BCUT2D eigenvalue weighted by Crippen LogP contribution is 2.23. The molecule has 6 heteroatoms. The SMILES string of the molecule is CN(C)CCCNC(=O)CSCc1c(F)cccc1Cl. The fourth-order valence-electron chi connectivity index (χ4n) is 1.59. The lowest BCUT2D eigenvalue weighted by atomic mass is 10.2. The van der Waals surface area contributed by atoms with Gasteiger partial charge in [0.05, 0.1) is 5.75 Å². The Labute approximate surface area is 128 Å². The largest absolute Gasteiger partial charge is 0.355 e. The molecule has 0 saturated heterocycles. The van der Waals surface area contributed by atoms with E-state index in [0.717, 1.165) is 13.0 Å². The summed E-state index contributed by atoms with van der Waals surface area (Å²) in [7, 11) is 3.99. The second-order valence-corrected chi connectivity index (χ2v) is 6.09. The second-order valence-electron chi connectivity index (χ2n) is 4.70. The number of benzene rings is 1. The molecule has 0 unspecified atom stereocenters. The van der Waals surface area contributed by atoms with Gasteiger partial charge in [-0.15, -0.1) is 11.8 Å². The number of rotatable bonds is 8. The standard InChI is InChI=1S/C14H20ClFN2OS/c1-18(2)8-4-7-17-14(19)10-20-9-11-12(15)5-3-6-13(11)16/h3,5-6H,4,7-10H2,1-2H3,(H,17,19). The molecule has 1 aromatic rings. The van der Waals surface area contributed by atoms with Crippen LogP contribution in [0.5, 0.6) is 0 Å². The van der Waals surface area contributed by atoms with Crippen molar-refractivity contribution in [3.8, 4) is 0 Å². The summed E-state index contributed by atoms with van der Waals surface area (Å²) >= 11 is 7.28. The molecule has 1 aromatic carbocycles. The zero-order chi connectivity index (χ0) is 15.0. The monoisotopic (exact) mass is 318 g/mol. The molecule has 0 aliphatic heterocycles. The van der Waals surface area contributed by atoms with E-state index in [1.807, 2.05) is 14.1 Å². The zero-order valence-corrected chi connectivity index (χ0v) is 13.4. The maximum atomic E-state index is 13.5. The van der Waals surface area contributed by atoms with Gasteiger partial charge in [0, 0.05) is 22.9 Å². The summed E-state index contributed by atoms with van der Waals surface area (Å²) in [5.74, 6) is 0.362. The van der Waals surface area contributed by atoms with Crippen molar-refractivity contribution in [3.63, 3.8) is 0 Å². The van der Waals surface area contributed by atoms with Crippen LogP contribution in [-0.4, -0.2) is 43.7 Å². The highest BCUT2D eigenvalue weighted by atomic mass is 35.5. The van der Waals surface area contributed by atoms with Crippen LogP contribution in [0.25, 0.3) is 0 Å².